The van der Waals surface area contributed by atoms with Gasteiger partial charge in [-0.2, -0.15) is 0 Å². The Labute approximate surface area is 600 Å². The van der Waals surface area contributed by atoms with Crippen LogP contribution in [0.2, 0.25) is 0 Å². The zero-order valence-corrected chi connectivity index (χ0v) is 66.4. The van der Waals surface area contributed by atoms with Crippen molar-refractivity contribution in [2.24, 2.45) is 16.2 Å². The molecule has 16 nitrogen and oxygen atoms in total. The van der Waals surface area contributed by atoms with Gasteiger partial charge in [0.2, 0.25) is 5.56 Å². The van der Waals surface area contributed by atoms with Gasteiger partial charge in [-0.25, -0.2) is 0 Å². The molecular weight excluding hydrogens is 1480 g/mol. The predicted molar refractivity (Wildman–Crippen MR) is 398 cm³/mol. The van der Waals surface area contributed by atoms with Crippen LogP contribution in [0.4, 0.5) is 0 Å². The normalized spacial score (nSPS) is 13.6. The number of carbonyl (C=O) groups excluding carboxylic acids is 3. The van der Waals surface area contributed by atoms with E-state index in [1.165, 1.54) is 6.07 Å². The summed E-state index contributed by atoms with van der Waals surface area (Å²) < 4.78 is 39.1. The number of esters is 3. The molecule has 4 aromatic carbocycles. The molecule has 0 aliphatic carbocycles. The van der Waals surface area contributed by atoms with E-state index in [0.717, 1.165) is 112 Å². The summed E-state index contributed by atoms with van der Waals surface area (Å²) >= 11 is 14.6. The summed E-state index contributed by atoms with van der Waals surface area (Å²) in [5.74, 6) is -0.753. The van der Waals surface area contributed by atoms with Gasteiger partial charge in [0, 0.05) is 91.4 Å². The van der Waals surface area contributed by atoms with Crippen LogP contribution in [0.3, 0.4) is 0 Å². The molecule has 522 valence electrons. The summed E-state index contributed by atoms with van der Waals surface area (Å²) in [4.78, 5) is 64.6. The molecule has 0 unspecified atom stereocenters. The Morgan fingerprint density at radius 3 is 1.15 bits per heavy atom. The molecule has 4 atom stereocenters. The molecule has 96 heavy (non-hydrogen) atoms. The summed E-state index contributed by atoms with van der Waals surface area (Å²) in [5.41, 5.74) is 8.99. The van der Waals surface area contributed by atoms with Crippen molar-refractivity contribution >= 4 is 125 Å². The lowest BCUT2D eigenvalue weighted by atomic mass is 9.97. The number of aliphatic hydroxyl groups is 2. The van der Waals surface area contributed by atoms with Crippen LogP contribution < -0.4 is 5.56 Å². The SMILES string of the molecule is Cc1cc2[nH]c(=O)ccc2c(Br)c1[C@@H](COC(=O)C(C)(C)C)OC(C)(C)C.Cc1cc2ncccc2c(Br)c1[C@@H](COC(=O)C(C)(C)C)OC(C)(C)C.Cc1cc2ncccc2c(Br)c1[C@H](O)CO.Cc1ccc2c(Br)c([C@@H](COC(=O)C(C)(C)C)OC(C)(C)C)c(C)cc2n1. The van der Waals surface area contributed by atoms with Crippen molar-refractivity contribution in [1.82, 2.24) is 19.9 Å². The maximum absolute atomic E-state index is 12.3. The van der Waals surface area contributed by atoms with Gasteiger partial charge in [-0.05, 0) is 300 Å². The standard InChI is InChI=1S/C22H30BrNO3.C21H28BrNO4.C21H28BrNO3.C12H12BrNO2/c1-13-11-16-15(10-9-14(2)24-16)19(23)18(13)17(27-22(6,7)8)12-26-20(25)21(3,4)5;1-12-10-14-13(8-9-16(24)23-14)18(22)17(12)15(27-21(5,6)7)11-26-19(25)20(2,3)4;1-13-11-15-14(9-8-10-23-15)18(22)17(13)16(26-21(5,6)7)12-25-19(24)20(2,3)4;1-7-5-9-8(3-2-4-14-9)12(13)11(7)10(16)6-15/h9-11,17H,12H2,1-8H3;8-10,15H,11H2,1-7H3,(H,23,24);8-11,16H,12H2,1-7H3;2-5,10,15-16H,6H2,1H3/t17-;15-;16-;10-/m1111/s1. The smallest absolute Gasteiger partial charge is 0.311 e. The zero-order valence-electron chi connectivity index (χ0n) is 60.1. The zero-order chi connectivity index (χ0) is 72.5. The minimum Gasteiger partial charge on any atom is -0.462 e. The summed E-state index contributed by atoms with van der Waals surface area (Å²) in [6.07, 6.45) is 1.45. The second kappa shape index (κ2) is 33.1. The lowest BCUT2D eigenvalue weighted by Crippen LogP contribution is -2.30. The summed E-state index contributed by atoms with van der Waals surface area (Å²) in [6, 6.07) is 22.9. The van der Waals surface area contributed by atoms with Gasteiger partial charge in [0.25, 0.3) is 0 Å². The van der Waals surface area contributed by atoms with Crippen molar-refractivity contribution < 1.29 is 53.0 Å². The van der Waals surface area contributed by atoms with Gasteiger partial charge >= 0.3 is 17.9 Å². The van der Waals surface area contributed by atoms with Crippen molar-refractivity contribution in [3.8, 4) is 0 Å². The lowest BCUT2D eigenvalue weighted by molar-refractivity contribution is -0.162. The first-order valence-electron chi connectivity index (χ1n) is 31.9. The van der Waals surface area contributed by atoms with E-state index in [2.05, 4.69) is 95.8 Å². The van der Waals surface area contributed by atoms with Gasteiger partial charge in [-0.1, -0.05) is 12.1 Å². The van der Waals surface area contributed by atoms with Crippen LogP contribution in [0.1, 0.15) is 199 Å². The van der Waals surface area contributed by atoms with E-state index in [-0.39, 0.29) is 73.3 Å². The van der Waals surface area contributed by atoms with E-state index in [0.29, 0.717) is 0 Å². The Morgan fingerprint density at radius 2 is 0.781 bits per heavy atom. The van der Waals surface area contributed by atoms with Crippen LogP contribution in [-0.4, -0.2) is 91.3 Å². The number of aromatic nitrogens is 4. The molecule has 0 spiro atoms. The molecule has 3 N–H and O–H groups in total. The van der Waals surface area contributed by atoms with Gasteiger partial charge < -0.3 is 43.6 Å². The number of H-pyrrole nitrogens is 1. The summed E-state index contributed by atoms with van der Waals surface area (Å²) in [6.45, 7) is 44.5. The van der Waals surface area contributed by atoms with E-state index in [1.54, 1.807) is 18.5 Å². The topological polar surface area (TPSA) is 219 Å². The van der Waals surface area contributed by atoms with Crippen molar-refractivity contribution in [3.63, 3.8) is 0 Å². The fraction of sp³-hybridized carbons (Fsp3) is 0.487. The Hall–Kier alpha value is -5.55. The Bertz CT molecular complexity index is 4130. The highest BCUT2D eigenvalue weighted by Crippen LogP contribution is 2.42. The third-order valence-corrected chi connectivity index (χ3v) is 18.0. The van der Waals surface area contributed by atoms with Crippen molar-refractivity contribution in [2.45, 2.75) is 200 Å². The second-order valence-electron chi connectivity index (χ2n) is 30.0. The maximum Gasteiger partial charge on any atom is 0.311 e. The quantitative estimate of drug-likeness (QED) is 0.0681. The highest BCUT2D eigenvalue weighted by Gasteiger charge is 2.33. The van der Waals surface area contributed by atoms with Crippen molar-refractivity contribution in [3.05, 3.63) is 164 Å². The largest absolute Gasteiger partial charge is 0.462 e. The first kappa shape index (κ1) is 81.1. The molecule has 0 saturated carbocycles. The van der Waals surface area contributed by atoms with Crippen LogP contribution >= 0.6 is 63.7 Å². The fourth-order valence-electron chi connectivity index (χ4n) is 10.1. The second-order valence-corrected chi connectivity index (χ2v) is 33.2. The Morgan fingerprint density at radius 1 is 0.458 bits per heavy atom. The number of nitrogens with zero attached hydrogens (tertiary/aromatic N) is 3. The number of hydrogen-bond acceptors (Lipinski definition) is 15. The number of ether oxygens (including phenoxy) is 6. The average Bonchev–Trinajstić information content (AvgIpc) is 0.800. The first-order valence-corrected chi connectivity index (χ1v) is 35.1. The number of halogens is 4. The molecule has 8 rings (SSSR count). The van der Waals surface area contributed by atoms with E-state index >= 15 is 0 Å². The average molecular weight is 1580 g/mol. The number of fused-ring (bicyclic) bond motifs is 4. The predicted octanol–water partition coefficient (Wildman–Crippen LogP) is 19.2. The molecule has 20 heteroatoms. The van der Waals surface area contributed by atoms with E-state index < -0.39 is 34.1 Å². The third-order valence-electron chi connectivity index (χ3n) is 14.6. The molecule has 0 amide bonds. The molecule has 4 aromatic heterocycles. The van der Waals surface area contributed by atoms with Gasteiger partial charge in [-0.3, -0.25) is 34.1 Å². The minimum absolute atomic E-state index is 0.113. The van der Waals surface area contributed by atoms with Gasteiger partial charge in [0.05, 0.1) is 56.2 Å². The first-order chi connectivity index (χ1) is 44.1. The summed E-state index contributed by atoms with van der Waals surface area (Å²) in [5, 5.41) is 22.6. The van der Waals surface area contributed by atoms with Gasteiger partial charge in [0.15, 0.2) is 0 Å². The Balaban J connectivity index is 0.000000235. The van der Waals surface area contributed by atoms with Crippen LogP contribution in [0.5, 0.6) is 0 Å². The number of aliphatic hydroxyl groups excluding tert-OH is 2. The van der Waals surface area contributed by atoms with Gasteiger partial charge in [-0.15, -0.1) is 0 Å². The molecule has 8 aromatic rings. The number of rotatable bonds is 14. The van der Waals surface area contributed by atoms with E-state index in [1.807, 2.05) is 208 Å². The van der Waals surface area contributed by atoms with Crippen molar-refractivity contribution in [2.75, 3.05) is 26.4 Å². The van der Waals surface area contributed by atoms with Gasteiger partial charge in [0.1, 0.15) is 44.2 Å². The van der Waals surface area contributed by atoms with Crippen LogP contribution in [0.25, 0.3) is 43.6 Å². The fourth-order valence-corrected chi connectivity index (χ4v) is 13.8. The van der Waals surface area contributed by atoms with Crippen molar-refractivity contribution in [1.29, 1.82) is 0 Å². The number of hydrogen-bond donors (Lipinski definition) is 3. The molecule has 0 radical (unpaired) electrons. The number of pyridine rings is 4. The highest BCUT2D eigenvalue weighted by atomic mass is 79.9. The van der Waals surface area contributed by atoms with Crippen LogP contribution in [-0.2, 0) is 42.8 Å². The monoisotopic (exact) mass is 1570 g/mol. The molecule has 0 aliphatic rings. The molecule has 0 aliphatic heterocycles. The number of aryl methyl sites for hydroxylation is 5. The highest BCUT2D eigenvalue weighted by molar-refractivity contribution is 9.11. The number of aromatic amines is 1. The molecular formula is C76H98Br4N4O12. The molecule has 0 saturated heterocycles. The molecule has 0 fully saturated rings. The maximum atomic E-state index is 12.3. The van der Waals surface area contributed by atoms with E-state index in [9.17, 15) is 24.3 Å². The lowest BCUT2D eigenvalue weighted by Gasteiger charge is -2.30. The Kier molecular flexibility index (Phi) is 28.0. The molecule has 4 heterocycles. The minimum atomic E-state index is -0.862. The van der Waals surface area contributed by atoms with E-state index in [4.69, 9.17) is 33.5 Å². The number of carbonyl (C=O) groups is 3. The third kappa shape index (κ3) is 22.7. The van der Waals surface area contributed by atoms with Crippen LogP contribution in [0, 0.1) is 50.9 Å². The van der Waals surface area contributed by atoms with Crippen LogP contribution in [0.15, 0.2) is 108 Å². The number of benzene rings is 4. The number of nitrogens with one attached hydrogen (secondary N) is 1. The molecule has 0 bridgehead atoms. The summed E-state index contributed by atoms with van der Waals surface area (Å²) in [7, 11) is 0.